The molecule has 0 aliphatic carbocycles. The molecule has 0 aromatic heterocycles. The van der Waals surface area contributed by atoms with Crippen molar-refractivity contribution in [2.24, 2.45) is 0 Å². The molecular weight excluding hydrogens is 169 g/mol. The van der Waals surface area contributed by atoms with Crippen LogP contribution >= 0.6 is 0 Å². The molecule has 0 aliphatic heterocycles. The van der Waals surface area contributed by atoms with Crippen molar-refractivity contribution in [2.45, 2.75) is 0 Å². The number of ether oxygens (including phenoxy) is 1. The largest absolute Gasteiger partial charge is 0.497 e. The van der Waals surface area contributed by atoms with Crippen molar-refractivity contribution < 1.29 is 9.13 Å². The lowest BCUT2D eigenvalue weighted by molar-refractivity contribution is 0.413. The van der Waals surface area contributed by atoms with E-state index in [0.29, 0.717) is 11.3 Å². The Balaban J connectivity index is 3.05. The third-order valence-electron chi connectivity index (χ3n) is 1.54. The Hall–Kier alpha value is -1.82. The highest BCUT2D eigenvalue weighted by atomic mass is 19.1. The van der Waals surface area contributed by atoms with Crippen LogP contribution in [0.1, 0.15) is 5.56 Å². The molecule has 3 heteroatoms. The van der Waals surface area contributed by atoms with Gasteiger partial charge < -0.3 is 4.74 Å². The molecule has 0 fully saturated rings. The van der Waals surface area contributed by atoms with Gasteiger partial charge in [0.1, 0.15) is 11.6 Å². The van der Waals surface area contributed by atoms with E-state index in [1.165, 1.54) is 37.5 Å². The third-order valence-corrected chi connectivity index (χ3v) is 1.54. The lowest BCUT2D eigenvalue weighted by atomic mass is 10.2. The SMILES string of the molecule is COc1ccc(F)c(C=CC#N)c1. The van der Waals surface area contributed by atoms with Gasteiger partial charge in [-0.25, -0.2) is 4.39 Å². The van der Waals surface area contributed by atoms with E-state index in [2.05, 4.69) is 0 Å². The number of nitriles is 1. The number of hydrogen-bond donors (Lipinski definition) is 0. The summed E-state index contributed by atoms with van der Waals surface area (Å²) < 4.78 is 17.9. The van der Waals surface area contributed by atoms with Crippen molar-refractivity contribution >= 4 is 6.08 Å². The first kappa shape index (κ1) is 9.27. The van der Waals surface area contributed by atoms with Crippen molar-refractivity contribution in [3.63, 3.8) is 0 Å². The van der Waals surface area contributed by atoms with E-state index in [9.17, 15) is 4.39 Å². The smallest absolute Gasteiger partial charge is 0.130 e. The van der Waals surface area contributed by atoms with Crippen LogP contribution in [0.15, 0.2) is 24.3 Å². The van der Waals surface area contributed by atoms with E-state index < -0.39 is 0 Å². The summed E-state index contributed by atoms with van der Waals surface area (Å²) in [4.78, 5) is 0. The molecule has 0 saturated carbocycles. The van der Waals surface area contributed by atoms with Crippen LogP contribution in [0.4, 0.5) is 4.39 Å². The molecule has 13 heavy (non-hydrogen) atoms. The maximum absolute atomic E-state index is 13.0. The van der Waals surface area contributed by atoms with Gasteiger partial charge in [-0.1, -0.05) is 0 Å². The van der Waals surface area contributed by atoms with Gasteiger partial charge in [-0.05, 0) is 24.3 Å². The van der Waals surface area contributed by atoms with E-state index in [1.54, 1.807) is 6.07 Å². The van der Waals surface area contributed by atoms with Crippen LogP contribution in [0.2, 0.25) is 0 Å². The molecule has 1 aromatic carbocycles. The van der Waals surface area contributed by atoms with Gasteiger partial charge in [0.25, 0.3) is 0 Å². The molecule has 0 unspecified atom stereocenters. The molecule has 0 aliphatic rings. The summed E-state index contributed by atoms with van der Waals surface area (Å²) in [7, 11) is 1.50. The van der Waals surface area contributed by atoms with Crippen molar-refractivity contribution in [3.05, 3.63) is 35.7 Å². The van der Waals surface area contributed by atoms with Crippen molar-refractivity contribution in [3.8, 4) is 11.8 Å². The summed E-state index contributed by atoms with van der Waals surface area (Å²) >= 11 is 0. The Morgan fingerprint density at radius 3 is 2.92 bits per heavy atom. The molecule has 0 saturated heterocycles. The number of benzene rings is 1. The standard InChI is InChI=1S/C10H8FNO/c1-13-9-4-5-10(11)8(7-9)3-2-6-12/h2-5,7H,1H3. The van der Waals surface area contributed by atoms with Gasteiger partial charge in [0, 0.05) is 11.6 Å². The van der Waals surface area contributed by atoms with Gasteiger partial charge >= 0.3 is 0 Å². The minimum absolute atomic E-state index is 0.348. The second-order valence-corrected chi connectivity index (χ2v) is 2.35. The topological polar surface area (TPSA) is 33.0 Å². The van der Waals surface area contributed by atoms with Crippen LogP contribution in [0, 0.1) is 17.1 Å². The predicted molar refractivity (Wildman–Crippen MR) is 47.6 cm³/mol. The number of rotatable bonds is 2. The summed E-state index contributed by atoms with van der Waals surface area (Å²) in [5.41, 5.74) is 0.348. The van der Waals surface area contributed by atoms with Crippen LogP contribution in [0.3, 0.4) is 0 Å². The van der Waals surface area contributed by atoms with E-state index in [-0.39, 0.29) is 5.82 Å². The van der Waals surface area contributed by atoms with E-state index in [4.69, 9.17) is 10.00 Å². The first-order valence-electron chi connectivity index (χ1n) is 3.67. The third kappa shape index (κ3) is 2.31. The number of allylic oxidation sites excluding steroid dienone is 1. The summed E-state index contributed by atoms with van der Waals surface area (Å²) in [6.45, 7) is 0. The zero-order valence-corrected chi connectivity index (χ0v) is 7.12. The Morgan fingerprint density at radius 2 is 2.31 bits per heavy atom. The summed E-state index contributed by atoms with van der Waals surface area (Å²) in [5.74, 6) is 0.200. The lowest BCUT2D eigenvalue weighted by Crippen LogP contribution is -1.86. The van der Waals surface area contributed by atoms with Gasteiger partial charge in [0.05, 0.1) is 13.2 Å². The Labute approximate surface area is 75.9 Å². The highest BCUT2D eigenvalue weighted by molar-refractivity contribution is 5.54. The van der Waals surface area contributed by atoms with Crippen LogP contribution in [0.25, 0.3) is 6.08 Å². The van der Waals surface area contributed by atoms with Crippen molar-refractivity contribution in [2.75, 3.05) is 7.11 Å². The Morgan fingerprint density at radius 1 is 1.54 bits per heavy atom. The molecule has 0 spiro atoms. The van der Waals surface area contributed by atoms with Gasteiger partial charge in [0.2, 0.25) is 0 Å². The second-order valence-electron chi connectivity index (χ2n) is 2.35. The quantitative estimate of drug-likeness (QED) is 0.649. The van der Waals surface area contributed by atoms with Crippen LogP contribution in [-0.4, -0.2) is 7.11 Å². The number of hydrogen-bond acceptors (Lipinski definition) is 2. The van der Waals surface area contributed by atoms with Crippen LogP contribution in [-0.2, 0) is 0 Å². The average molecular weight is 177 g/mol. The van der Waals surface area contributed by atoms with E-state index in [0.717, 1.165) is 0 Å². The molecule has 1 rings (SSSR count). The lowest BCUT2D eigenvalue weighted by Gasteiger charge is -2.01. The van der Waals surface area contributed by atoms with Gasteiger partial charge in [-0.3, -0.25) is 0 Å². The fraction of sp³-hybridized carbons (Fsp3) is 0.100. The first-order valence-corrected chi connectivity index (χ1v) is 3.67. The fourth-order valence-corrected chi connectivity index (χ4v) is 0.904. The van der Waals surface area contributed by atoms with E-state index >= 15 is 0 Å². The van der Waals surface area contributed by atoms with Crippen LogP contribution < -0.4 is 4.74 Å². The van der Waals surface area contributed by atoms with Gasteiger partial charge in [-0.15, -0.1) is 0 Å². The molecule has 0 heterocycles. The molecule has 0 radical (unpaired) electrons. The van der Waals surface area contributed by atoms with Gasteiger partial charge in [0.15, 0.2) is 0 Å². The van der Waals surface area contributed by atoms with Crippen LogP contribution in [0.5, 0.6) is 5.75 Å². The van der Waals surface area contributed by atoms with Crippen molar-refractivity contribution in [1.29, 1.82) is 5.26 Å². The molecule has 0 amide bonds. The maximum atomic E-state index is 13.0. The summed E-state index contributed by atoms with van der Waals surface area (Å²) in [6.07, 6.45) is 2.62. The van der Waals surface area contributed by atoms with Crippen molar-refractivity contribution in [1.82, 2.24) is 0 Å². The first-order chi connectivity index (χ1) is 6.27. The predicted octanol–water partition coefficient (Wildman–Crippen LogP) is 2.37. The Kier molecular flexibility index (Phi) is 3.04. The minimum Gasteiger partial charge on any atom is -0.497 e. The molecular formula is C10H8FNO. The number of halogens is 1. The molecule has 0 atom stereocenters. The molecule has 66 valence electrons. The average Bonchev–Trinajstić information content (AvgIpc) is 2.17. The highest BCUT2D eigenvalue weighted by Gasteiger charge is 1.99. The molecule has 2 nitrogen and oxygen atoms in total. The zero-order valence-electron chi connectivity index (χ0n) is 7.12. The summed E-state index contributed by atoms with van der Waals surface area (Å²) in [6, 6.07) is 6.15. The summed E-state index contributed by atoms with van der Waals surface area (Å²) in [5, 5.41) is 8.25. The highest BCUT2D eigenvalue weighted by Crippen LogP contribution is 2.17. The Bertz CT molecular complexity index is 366. The zero-order chi connectivity index (χ0) is 9.68. The maximum Gasteiger partial charge on any atom is 0.130 e. The monoisotopic (exact) mass is 177 g/mol. The van der Waals surface area contributed by atoms with E-state index in [1.807, 2.05) is 0 Å². The van der Waals surface area contributed by atoms with Gasteiger partial charge in [-0.2, -0.15) is 5.26 Å². The minimum atomic E-state index is -0.368. The second kappa shape index (κ2) is 4.27. The molecule has 0 N–H and O–H groups in total. The number of nitrogens with zero attached hydrogens (tertiary/aromatic N) is 1. The molecule has 1 aromatic rings. The number of methoxy groups -OCH3 is 1. The molecule has 0 bridgehead atoms. The normalized spacial score (nSPS) is 9.92. The fourth-order valence-electron chi connectivity index (χ4n) is 0.904.